The molecule has 1 N–H and O–H groups in total. The lowest BCUT2D eigenvalue weighted by molar-refractivity contribution is 0.255. The molecule has 0 unspecified atom stereocenters. The second-order valence-corrected chi connectivity index (χ2v) is 9.40. The zero-order valence-corrected chi connectivity index (χ0v) is 19.5. The molecule has 1 fully saturated rings. The molecule has 1 heterocycles. The number of nitrogens with zero attached hydrogens (tertiary/aromatic N) is 2. The van der Waals surface area contributed by atoms with Gasteiger partial charge in [-0.05, 0) is 68.8 Å². The van der Waals surface area contributed by atoms with E-state index in [1.165, 1.54) is 5.69 Å². The van der Waals surface area contributed by atoms with E-state index in [0.29, 0.717) is 18.9 Å². The van der Waals surface area contributed by atoms with Crippen molar-refractivity contribution in [1.82, 2.24) is 9.62 Å². The lowest BCUT2D eigenvalue weighted by Crippen LogP contribution is -2.47. The van der Waals surface area contributed by atoms with Gasteiger partial charge < -0.3 is 14.4 Å². The molecule has 0 bridgehead atoms. The second-order valence-electron chi connectivity index (χ2n) is 7.66. The zero-order valence-electron chi connectivity index (χ0n) is 18.6. The number of anilines is 1. The maximum absolute atomic E-state index is 12.8. The summed E-state index contributed by atoms with van der Waals surface area (Å²) in [5, 5.41) is 0. The van der Waals surface area contributed by atoms with Crippen LogP contribution in [0.4, 0.5) is 5.69 Å². The van der Waals surface area contributed by atoms with E-state index in [2.05, 4.69) is 26.7 Å². The molecule has 7 nitrogen and oxygen atoms in total. The Morgan fingerprint density at radius 2 is 1.74 bits per heavy atom. The summed E-state index contributed by atoms with van der Waals surface area (Å²) in [7, 11) is -1.93. The number of benzene rings is 2. The molecule has 3 rings (SSSR count). The van der Waals surface area contributed by atoms with Crippen molar-refractivity contribution in [3.05, 3.63) is 48.0 Å². The lowest BCUT2D eigenvalue weighted by atomic mass is 10.2. The maximum Gasteiger partial charge on any atom is 0.244 e. The molecule has 0 atom stereocenters. The van der Waals surface area contributed by atoms with Crippen LogP contribution in [0.15, 0.2) is 47.4 Å². The average molecular weight is 448 g/mol. The van der Waals surface area contributed by atoms with Gasteiger partial charge in [0.15, 0.2) is 0 Å². The summed E-state index contributed by atoms with van der Waals surface area (Å²) in [6.07, 6.45) is 0.761. The summed E-state index contributed by atoms with van der Waals surface area (Å²) in [6.45, 7) is 9.26. The molecule has 1 aliphatic heterocycles. The molecule has 8 heteroatoms. The van der Waals surface area contributed by atoms with Crippen molar-refractivity contribution in [2.75, 3.05) is 57.9 Å². The highest BCUT2D eigenvalue weighted by Crippen LogP contribution is 2.25. The van der Waals surface area contributed by atoms with Crippen LogP contribution in [0.5, 0.6) is 11.5 Å². The fraction of sp³-hybridized carbons (Fsp3) is 0.478. The van der Waals surface area contributed by atoms with Gasteiger partial charge in [0.25, 0.3) is 0 Å². The van der Waals surface area contributed by atoms with Gasteiger partial charge >= 0.3 is 0 Å². The number of nitrogens with one attached hydrogen (secondary N) is 1. The van der Waals surface area contributed by atoms with Crippen molar-refractivity contribution in [3.8, 4) is 11.5 Å². The number of hydrogen-bond acceptors (Lipinski definition) is 6. The van der Waals surface area contributed by atoms with Crippen molar-refractivity contribution in [2.45, 2.75) is 25.2 Å². The van der Waals surface area contributed by atoms with E-state index in [9.17, 15) is 8.42 Å². The van der Waals surface area contributed by atoms with Crippen LogP contribution in [-0.2, 0) is 10.0 Å². The molecule has 0 aromatic heterocycles. The predicted octanol–water partition coefficient (Wildman–Crippen LogP) is 2.89. The summed E-state index contributed by atoms with van der Waals surface area (Å²) < 4.78 is 39.0. The van der Waals surface area contributed by atoms with E-state index in [1.54, 1.807) is 19.2 Å². The number of rotatable bonds is 10. The van der Waals surface area contributed by atoms with Gasteiger partial charge in [-0.1, -0.05) is 6.07 Å². The molecule has 0 spiro atoms. The topological polar surface area (TPSA) is 71.1 Å². The predicted molar refractivity (Wildman–Crippen MR) is 124 cm³/mol. The highest BCUT2D eigenvalue weighted by Gasteiger charge is 2.20. The second kappa shape index (κ2) is 10.8. The molecule has 0 radical (unpaired) electrons. The molecule has 2 aromatic carbocycles. The number of aryl methyl sites for hydroxylation is 1. The van der Waals surface area contributed by atoms with Gasteiger partial charge in [0.1, 0.15) is 16.4 Å². The Kier molecular flexibility index (Phi) is 8.17. The fourth-order valence-electron chi connectivity index (χ4n) is 3.71. The minimum absolute atomic E-state index is 0.211. The molecule has 1 saturated heterocycles. The van der Waals surface area contributed by atoms with Gasteiger partial charge in [-0.2, -0.15) is 0 Å². The summed E-state index contributed by atoms with van der Waals surface area (Å²) >= 11 is 0. The van der Waals surface area contributed by atoms with Crippen molar-refractivity contribution < 1.29 is 17.9 Å². The van der Waals surface area contributed by atoms with E-state index in [0.717, 1.165) is 50.5 Å². The number of ether oxygens (including phenoxy) is 2. The quantitative estimate of drug-likeness (QED) is 0.565. The van der Waals surface area contributed by atoms with Crippen LogP contribution in [-0.4, -0.2) is 66.3 Å². The Labute approximate surface area is 186 Å². The number of piperazine rings is 1. The van der Waals surface area contributed by atoms with Crippen LogP contribution in [0, 0.1) is 6.92 Å². The normalized spacial score (nSPS) is 15.1. The van der Waals surface area contributed by atoms with Crippen molar-refractivity contribution >= 4 is 15.7 Å². The molecule has 1 aliphatic rings. The third kappa shape index (κ3) is 6.35. The van der Waals surface area contributed by atoms with Gasteiger partial charge in [0, 0.05) is 38.4 Å². The number of sulfonamides is 1. The molecule has 0 amide bonds. The van der Waals surface area contributed by atoms with Gasteiger partial charge in [-0.3, -0.25) is 4.90 Å². The maximum atomic E-state index is 12.8. The summed E-state index contributed by atoms with van der Waals surface area (Å²) in [5.74, 6) is 1.26. The van der Waals surface area contributed by atoms with Gasteiger partial charge in [-0.15, -0.1) is 0 Å². The molecule has 0 aliphatic carbocycles. The van der Waals surface area contributed by atoms with Crippen molar-refractivity contribution in [1.29, 1.82) is 0 Å². The lowest BCUT2D eigenvalue weighted by Gasteiger charge is -2.36. The first-order chi connectivity index (χ1) is 14.9. The molecule has 31 heavy (non-hydrogen) atoms. The minimum atomic E-state index is -3.60. The fourth-order valence-corrected chi connectivity index (χ4v) is 5.01. The molecule has 170 valence electrons. The average Bonchev–Trinajstić information content (AvgIpc) is 2.78. The summed E-state index contributed by atoms with van der Waals surface area (Å²) in [6, 6.07) is 13.4. The summed E-state index contributed by atoms with van der Waals surface area (Å²) in [4.78, 5) is 4.96. The first kappa shape index (κ1) is 23.4. The van der Waals surface area contributed by atoms with E-state index in [1.807, 2.05) is 32.0 Å². The number of methoxy groups -OCH3 is 1. The van der Waals surface area contributed by atoms with Crippen molar-refractivity contribution in [2.24, 2.45) is 0 Å². The molecular weight excluding hydrogens is 414 g/mol. The van der Waals surface area contributed by atoms with Crippen molar-refractivity contribution in [3.63, 3.8) is 0 Å². The zero-order chi connectivity index (χ0) is 22.3. The first-order valence-corrected chi connectivity index (χ1v) is 12.3. The largest absolute Gasteiger partial charge is 0.497 e. The Hall–Kier alpha value is -2.29. The Bertz CT molecular complexity index is 940. The number of hydrogen-bond donors (Lipinski definition) is 1. The Morgan fingerprint density at radius 3 is 2.39 bits per heavy atom. The van der Waals surface area contributed by atoms with Gasteiger partial charge in [0.05, 0.1) is 13.7 Å². The van der Waals surface area contributed by atoms with Crippen LogP contribution in [0.25, 0.3) is 0 Å². The molecular formula is C23H33N3O4S. The molecule has 0 saturated carbocycles. The molecule has 2 aromatic rings. The highest BCUT2D eigenvalue weighted by molar-refractivity contribution is 7.89. The van der Waals surface area contributed by atoms with E-state index < -0.39 is 10.0 Å². The first-order valence-electron chi connectivity index (χ1n) is 10.8. The van der Waals surface area contributed by atoms with E-state index >= 15 is 0 Å². The van der Waals surface area contributed by atoms with Crippen LogP contribution in [0.3, 0.4) is 0 Å². The van der Waals surface area contributed by atoms with Gasteiger partial charge in [-0.25, -0.2) is 13.1 Å². The van der Waals surface area contributed by atoms with Crippen LogP contribution in [0.2, 0.25) is 0 Å². The van der Waals surface area contributed by atoms with E-state index in [4.69, 9.17) is 9.47 Å². The minimum Gasteiger partial charge on any atom is -0.497 e. The smallest absolute Gasteiger partial charge is 0.244 e. The third-order valence-corrected chi connectivity index (χ3v) is 6.92. The van der Waals surface area contributed by atoms with Crippen LogP contribution >= 0.6 is 0 Å². The Balaban J connectivity index is 1.44. The highest BCUT2D eigenvalue weighted by atomic mass is 32.2. The SMILES string of the molecule is CCOc1ccc(C)cc1S(=O)(=O)NCCCN1CCN(c2ccc(OC)cc2)CC1. The summed E-state index contributed by atoms with van der Waals surface area (Å²) in [5.41, 5.74) is 2.09. The standard InChI is InChI=1S/C23H33N3O4S/c1-4-30-22-11-6-19(2)18-23(22)31(27,28)24-12-5-13-25-14-16-26(17-15-25)20-7-9-21(29-3)10-8-20/h6-11,18,24H,4-5,12-17H2,1-3H3. The van der Waals surface area contributed by atoms with E-state index in [-0.39, 0.29) is 4.90 Å². The van der Waals surface area contributed by atoms with Gasteiger partial charge in [0.2, 0.25) is 10.0 Å². The van der Waals surface area contributed by atoms with Crippen LogP contribution < -0.4 is 19.1 Å². The monoisotopic (exact) mass is 447 g/mol. The Morgan fingerprint density at radius 1 is 1.03 bits per heavy atom. The van der Waals surface area contributed by atoms with Crippen LogP contribution in [0.1, 0.15) is 18.9 Å². The third-order valence-electron chi connectivity index (χ3n) is 5.44.